The third kappa shape index (κ3) is 8.58. The second-order valence-electron chi connectivity index (χ2n) is 12.1. The molecule has 1 heterocycles. The van der Waals surface area contributed by atoms with Gasteiger partial charge in [0.1, 0.15) is 38.2 Å². The first-order chi connectivity index (χ1) is 22.4. The van der Waals surface area contributed by atoms with Gasteiger partial charge in [0.05, 0.1) is 19.8 Å². The number of rotatable bonds is 14. The average Bonchev–Trinajstić information content (AvgIpc) is 3.09. The first-order valence-electron chi connectivity index (χ1n) is 15.7. The van der Waals surface area contributed by atoms with Crippen molar-refractivity contribution in [2.24, 2.45) is 0 Å². The maximum atomic E-state index is 12.7. The molecule has 6 atom stereocenters. The van der Waals surface area contributed by atoms with Gasteiger partial charge in [-0.25, -0.2) is 0 Å². The molecule has 0 aliphatic carbocycles. The molecule has 0 spiro atoms. The largest absolute Gasteiger partial charge is 0.463 e. The van der Waals surface area contributed by atoms with Crippen LogP contribution in [0.2, 0.25) is 13.1 Å². The van der Waals surface area contributed by atoms with E-state index in [2.05, 4.69) is 25.2 Å². The van der Waals surface area contributed by atoms with Crippen LogP contribution >= 0.6 is 0 Å². The Bertz CT molecular complexity index is 1470. The van der Waals surface area contributed by atoms with Crippen molar-refractivity contribution in [3.05, 3.63) is 138 Å². The molecule has 0 aromatic heterocycles. The maximum absolute atomic E-state index is 12.7. The lowest BCUT2D eigenvalue weighted by Crippen LogP contribution is -2.69. The topological polar surface area (TPSA) is 72.5 Å². The molecule has 0 saturated carbocycles. The summed E-state index contributed by atoms with van der Waals surface area (Å²) in [7, 11) is -0.963. The Balaban J connectivity index is 1.56. The van der Waals surface area contributed by atoms with E-state index < -0.39 is 44.5 Å². The Morgan fingerprint density at radius 3 is 1.50 bits per heavy atom. The third-order valence-electron chi connectivity index (χ3n) is 8.44. The van der Waals surface area contributed by atoms with Crippen LogP contribution in [0.3, 0.4) is 0 Å². The van der Waals surface area contributed by atoms with Crippen LogP contribution in [0.5, 0.6) is 0 Å². The van der Waals surface area contributed by atoms with Crippen LogP contribution in [-0.2, 0) is 53.0 Å². The van der Waals surface area contributed by atoms with Crippen molar-refractivity contribution in [2.75, 3.05) is 7.11 Å². The van der Waals surface area contributed by atoms with Gasteiger partial charge in [0.15, 0.2) is 6.29 Å². The molecule has 1 saturated heterocycles. The van der Waals surface area contributed by atoms with Crippen LogP contribution in [0, 0.1) is 0 Å². The van der Waals surface area contributed by atoms with Crippen LogP contribution < -0.4 is 5.19 Å². The lowest BCUT2D eigenvalue weighted by atomic mass is 9.97. The second-order valence-corrected chi connectivity index (χ2v) is 16.7. The number of esters is 1. The van der Waals surface area contributed by atoms with E-state index in [4.69, 9.17) is 28.4 Å². The molecule has 242 valence electrons. The molecule has 5 rings (SSSR count). The van der Waals surface area contributed by atoms with E-state index in [-0.39, 0.29) is 5.97 Å². The van der Waals surface area contributed by atoms with Gasteiger partial charge in [0.2, 0.25) is 0 Å². The molecule has 0 bridgehead atoms. The molecule has 0 radical (unpaired) electrons. The van der Waals surface area contributed by atoms with Crippen molar-refractivity contribution < 1.29 is 33.2 Å². The summed E-state index contributed by atoms with van der Waals surface area (Å²) >= 11 is 0. The smallest absolute Gasteiger partial charge is 0.302 e. The fourth-order valence-corrected chi connectivity index (χ4v) is 8.89. The summed E-state index contributed by atoms with van der Waals surface area (Å²) < 4.78 is 39.2. The second kappa shape index (κ2) is 16.3. The van der Waals surface area contributed by atoms with Gasteiger partial charge in [-0.15, -0.1) is 0 Å². The molecule has 1 aliphatic rings. The molecule has 8 heteroatoms. The van der Waals surface area contributed by atoms with Gasteiger partial charge in [0, 0.05) is 14.0 Å². The monoisotopic (exact) mass is 640 g/mol. The van der Waals surface area contributed by atoms with Gasteiger partial charge in [-0.3, -0.25) is 4.79 Å². The van der Waals surface area contributed by atoms with Crippen molar-refractivity contribution >= 4 is 19.2 Å². The van der Waals surface area contributed by atoms with E-state index in [0.29, 0.717) is 19.8 Å². The third-order valence-corrected chi connectivity index (χ3v) is 12.1. The number of hydrogen-bond acceptors (Lipinski definition) is 7. The lowest BCUT2D eigenvalue weighted by Gasteiger charge is -2.49. The fraction of sp³-hybridized carbons (Fsp3) is 0.342. The summed E-state index contributed by atoms with van der Waals surface area (Å²) in [5.41, 5.74) is 2.41. The normalized spacial score (nSPS) is 22.2. The number of carbonyl (C=O) groups excluding carboxylic acids is 1. The van der Waals surface area contributed by atoms with E-state index in [9.17, 15) is 4.79 Å². The van der Waals surface area contributed by atoms with Crippen molar-refractivity contribution in [3.63, 3.8) is 0 Å². The van der Waals surface area contributed by atoms with E-state index in [1.165, 1.54) is 6.92 Å². The zero-order chi connectivity index (χ0) is 32.4. The van der Waals surface area contributed by atoms with E-state index in [1.54, 1.807) is 7.11 Å². The zero-order valence-electron chi connectivity index (χ0n) is 27.0. The summed E-state index contributed by atoms with van der Waals surface area (Å²) in [4.78, 5) is 12.7. The average molecular weight is 641 g/mol. The van der Waals surface area contributed by atoms with Gasteiger partial charge in [-0.1, -0.05) is 140 Å². The first-order valence-corrected chi connectivity index (χ1v) is 18.8. The highest BCUT2D eigenvalue weighted by molar-refractivity contribution is 6.91. The van der Waals surface area contributed by atoms with E-state index in [0.717, 1.165) is 21.9 Å². The molecule has 46 heavy (non-hydrogen) atoms. The highest BCUT2D eigenvalue weighted by Crippen LogP contribution is 2.35. The summed E-state index contributed by atoms with van der Waals surface area (Å²) in [6, 6.07) is 40.1. The first kappa shape index (κ1) is 33.7. The molecule has 0 N–H and O–H groups in total. The summed E-state index contributed by atoms with van der Waals surface area (Å²) in [6.45, 7) is 6.77. The molecule has 1 aliphatic heterocycles. The molecular formula is C38H44O7Si. The van der Waals surface area contributed by atoms with Crippen LogP contribution in [0.4, 0.5) is 0 Å². The van der Waals surface area contributed by atoms with Crippen LogP contribution in [0.1, 0.15) is 23.6 Å². The number of ether oxygens (including phenoxy) is 6. The number of methoxy groups -OCH3 is 1. The highest BCUT2D eigenvalue weighted by atomic mass is 28.3. The molecule has 1 fully saturated rings. The Kier molecular flexibility index (Phi) is 11.9. The van der Waals surface area contributed by atoms with Gasteiger partial charge < -0.3 is 28.4 Å². The summed E-state index contributed by atoms with van der Waals surface area (Å²) in [5.74, 6) is -0.384. The quantitative estimate of drug-likeness (QED) is 0.120. The Morgan fingerprint density at radius 2 is 1.07 bits per heavy atom. The van der Waals surface area contributed by atoms with Crippen LogP contribution in [-0.4, -0.2) is 57.6 Å². The number of hydrogen-bond donors (Lipinski definition) is 0. The number of benzene rings is 4. The summed E-state index contributed by atoms with van der Waals surface area (Å²) in [5, 5.41) is 1.13. The molecule has 4 aromatic carbocycles. The molecule has 0 amide bonds. The van der Waals surface area contributed by atoms with Crippen LogP contribution in [0.25, 0.3) is 0 Å². The van der Waals surface area contributed by atoms with Crippen molar-refractivity contribution in [3.8, 4) is 0 Å². The van der Waals surface area contributed by atoms with Gasteiger partial charge >= 0.3 is 5.97 Å². The minimum Gasteiger partial charge on any atom is -0.463 e. The Morgan fingerprint density at radius 1 is 0.652 bits per heavy atom. The Labute approximate surface area is 273 Å². The molecule has 1 unspecified atom stereocenters. The van der Waals surface area contributed by atoms with Crippen molar-refractivity contribution in [1.29, 1.82) is 0 Å². The zero-order valence-corrected chi connectivity index (χ0v) is 28.0. The highest BCUT2D eigenvalue weighted by Gasteiger charge is 2.55. The van der Waals surface area contributed by atoms with Crippen molar-refractivity contribution in [2.45, 2.75) is 76.3 Å². The van der Waals surface area contributed by atoms with Crippen LogP contribution in [0.15, 0.2) is 121 Å². The standard InChI is InChI=1S/C38H44O7Si/c1-28(39)44-38(46(3,4)32-23-15-8-16-24-32)36-34(42-26-30-19-11-6-12-20-30)33(41-25-29-17-9-5-10-18-29)35(37(40-2)45-36)43-27-31-21-13-7-14-22-31/h5-24,33-38H,25-27H2,1-4H3/t33-,34-,35+,36-,37-,38?/m0/s1. The van der Waals surface area contributed by atoms with Crippen molar-refractivity contribution in [1.82, 2.24) is 0 Å². The minimum atomic E-state index is -2.56. The summed E-state index contributed by atoms with van der Waals surface area (Å²) in [6.07, 6.45) is -3.47. The van der Waals surface area contributed by atoms with E-state index >= 15 is 0 Å². The number of carbonyl (C=O) groups is 1. The lowest BCUT2D eigenvalue weighted by molar-refractivity contribution is -0.325. The predicted molar refractivity (Wildman–Crippen MR) is 180 cm³/mol. The molecule has 4 aromatic rings. The van der Waals surface area contributed by atoms with Gasteiger partial charge in [0.25, 0.3) is 0 Å². The SMILES string of the molecule is CO[C@H]1O[C@H](C(OC(C)=O)[Si](C)(C)c2ccccc2)[C@@H](OCc2ccccc2)[C@H](OCc2ccccc2)[C@H]1OCc1ccccc1. The minimum absolute atomic E-state index is 0.305. The van der Waals surface area contributed by atoms with E-state index in [1.807, 2.05) is 109 Å². The predicted octanol–water partition coefficient (Wildman–Crippen LogP) is 6.20. The van der Waals surface area contributed by atoms with Gasteiger partial charge in [-0.2, -0.15) is 0 Å². The molecular weight excluding hydrogens is 596 g/mol. The van der Waals surface area contributed by atoms with Gasteiger partial charge in [-0.05, 0) is 16.7 Å². The maximum Gasteiger partial charge on any atom is 0.302 e. The Hall–Kier alpha value is -3.63. The fourth-order valence-electron chi connectivity index (χ4n) is 5.96. The molecule has 7 nitrogen and oxygen atoms in total.